The number of hydrogen-bond acceptors (Lipinski definition) is 3. The highest BCUT2D eigenvalue weighted by Crippen LogP contribution is 2.26. The summed E-state index contributed by atoms with van der Waals surface area (Å²) < 4.78 is 5.82. The predicted octanol–water partition coefficient (Wildman–Crippen LogP) is 2.43. The Balaban J connectivity index is 1.75. The molecule has 20 heavy (non-hydrogen) atoms. The maximum atomic E-state index is 7.52. The van der Waals surface area contributed by atoms with E-state index in [-0.39, 0.29) is 5.84 Å². The molecule has 3 N–H and O–H groups in total. The van der Waals surface area contributed by atoms with E-state index >= 15 is 0 Å². The zero-order valence-electron chi connectivity index (χ0n) is 11.2. The minimum Gasteiger partial charge on any atom is -0.489 e. The zero-order chi connectivity index (χ0) is 13.9. The van der Waals surface area contributed by atoms with Crippen LogP contribution in [0.25, 0.3) is 0 Å². The Bertz CT molecular complexity index is 652. The zero-order valence-corrected chi connectivity index (χ0v) is 11.2. The number of pyridine rings is 1. The van der Waals surface area contributed by atoms with Crippen LogP contribution in [0.15, 0.2) is 36.5 Å². The summed E-state index contributed by atoms with van der Waals surface area (Å²) in [6, 6.07) is 9.98. The van der Waals surface area contributed by atoms with Crippen molar-refractivity contribution in [3.8, 4) is 5.75 Å². The van der Waals surface area contributed by atoms with Crippen molar-refractivity contribution >= 4 is 5.84 Å². The van der Waals surface area contributed by atoms with Gasteiger partial charge in [0.2, 0.25) is 0 Å². The van der Waals surface area contributed by atoms with Gasteiger partial charge in [-0.05, 0) is 48.6 Å². The summed E-state index contributed by atoms with van der Waals surface area (Å²) >= 11 is 0. The number of nitrogens with two attached hydrogens (primary N) is 1. The lowest BCUT2D eigenvalue weighted by Gasteiger charge is -2.10. The van der Waals surface area contributed by atoms with Crippen LogP contribution in [0.4, 0.5) is 0 Å². The van der Waals surface area contributed by atoms with Crippen LogP contribution in [0.2, 0.25) is 0 Å². The SMILES string of the molecule is N=C(N)c1ncccc1COc1ccc2c(c1)CCC2. The minimum absolute atomic E-state index is 0.0295. The molecule has 0 saturated carbocycles. The first-order chi connectivity index (χ1) is 9.74. The molecule has 0 unspecified atom stereocenters. The van der Waals surface area contributed by atoms with Crippen molar-refractivity contribution in [2.45, 2.75) is 25.9 Å². The van der Waals surface area contributed by atoms with E-state index in [1.54, 1.807) is 6.20 Å². The molecule has 0 bridgehead atoms. The Morgan fingerprint density at radius 2 is 2.10 bits per heavy atom. The molecule has 0 saturated heterocycles. The molecule has 0 radical (unpaired) electrons. The Morgan fingerprint density at radius 1 is 1.25 bits per heavy atom. The van der Waals surface area contributed by atoms with Gasteiger partial charge < -0.3 is 10.5 Å². The Labute approximate surface area is 118 Å². The fourth-order valence-corrected chi connectivity index (χ4v) is 2.60. The third-order valence-electron chi connectivity index (χ3n) is 3.61. The molecular formula is C16H17N3O. The molecule has 1 aliphatic carbocycles. The van der Waals surface area contributed by atoms with Crippen LogP contribution in [0.3, 0.4) is 0 Å². The van der Waals surface area contributed by atoms with Crippen LogP contribution in [-0.2, 0) is 19.4 Å². The van der Waals surface area contributed by atoms with E-state index in [1.807, 2.05) is 18.2 Å². The molecule has 0 fully saturated rings. The molecule has 4 nitrogen and oxygen atoms in total. The highest BCUT2D eigenvalue weighted by molar-refractivity contribution is 5.94. The molecule has 0 aliphatic heterocycles. The number of aryl methyl sites for hydroxylation is 2. The number of hydrogen-bond donors (Lipinski definition) is 2. The van der Waals surface area contributed by atoms with Crippen LogP contribution in [0.5, 0.6) is 5.75 Å². The predicted molar refractivity (Wildman–Crippen MR) is 78.1 cm³/mol. The second kappa shape index (κ2) is 5.33. The number of nitrogens with zero attached hydrogens (tertiary/aromatic N) is 1. The van der Waals surface area contributed by atoms with E-state index in [0.29, 0.717) is 12.3 Å². The van der Waals surface area contributed by atoms with Crippen molar-refractivity contribution in [1.29, 1.82) is 5.41 Å². The van der Waals surface area contributed by atoms with Crippen LogP contribution < -0.4 is 10.5 Å². The normalized spacial score (nSPS) is 13.0. The number of nitrogen functional groups attached to an aromatic ring is 1. The standard InChI is InChI=1S/C16H17N3O/c17-16(18)15-13(5-2-8-19-15)10-20-14-7-6-11-3-1-4-12(11)9-14/h2,5-9H,1,3-4,10H2,(H3,17,18). The lowest BCUT2D eigenvalue weighted by molar-refractivity contribution is 0.305. The van der Waals surface area contributed by atoms with E-state index in [4.69, 9.17) is 15.9 Å². The van der Waals surface area contributed by atoms with E-state index < -0.39 is 0 Å². The van der Waals surface area contributed by atoms with E-state index in [1.165, 1.54) is 24.0 Å². The summed E-state index contributed by atoms with van der Waals surface area (Å²) in [5, 5.41) is 7.52. The lowest BCUT2D eigenvalue weighted by atomic mass is 10.1. The molecule has 3 rings (SSSR count). The van der Waals surface area contributed by atoms with Gasteiger partial charge in [-0.15, -0.1) is 0 Å². The molecule has 1 aromatic carbocycles. The monoisotopic (exact) mass is 267 g/mol. The first-order valence-corrected chi connectivity index (χ1v) is 6.77. The number of ether oxygens (including phenoxy) is 1. The molecular weight excluding hydrogens is 250 g/mol. The average molecular weight is 267 g/mol. The van der Waals surface area contributed by atoms with Gasteiger partial charge in [-0.2, -0.15) is 0 Å². The van der Waals surface area contributed by atoms with Gasteiger partial charge in [0, 0.05) is 11.8 Å². The third kappa shape index (κ3) is 2.50. The topological polar surface area (TPSA) is 72.0 Å². The maximum absolute atomic E-state index is 7.52. The second-order valence-corrected chi connectivity index (χ2v) is 5.00. The van der Waals surface area contributed by atoms with Gasteiger partial charge in [0.05, 0.1) is 0 Å². The number of aromatic nitrogens is 1. The maximum Gasteiger partial charge on any atom is 0.142 e. The van der Waals surface area contributed by atoms with Crippen molar-refractivity contribution < 1.29 is 4.74 Å². The number of amidine groups is 1. The lowest BCUT2D eigenvalue weighted by Crippen LogP contribution is -2.16. The van der Waals surface area contributed by atoms with Gasteiger partial charge in [0.25, 0.3) is 0 Å². The fourth-order valence-electron chi connectivity index (χ4n) is 2.60. The van der Waals surface area contributed by atoms with Crippen molar-refractivity contribution in [3.05, 3.63) is 58.9 Å². The minimum atomic E-state index is -0.0295. The van der Waals surface area contributed by atoms with Crippen LogP contribution >= 0.6 is 0 Å². The van der Waals surface area contributed by atoms with Gasteiger partial charge in [-0.3, -0.25) is 10.4 Å². The van der Waals surface area contributed by atoms with Crippen molar-refractivity contribution in [2.75, 3.05) is 0 Å². The first kappa shape index (κ1) is 12.7. The number of rotatable bonds is 4. The van der Waals surface area contributed by atoms with Crippen LogP contribution in [0, 0.1) is 5.41 Å². The van der Waals surface area contributed by atoms with Gasteiger partial charge in [0.1, 0.15) is 23.9 Å². The summed E-state index contributed by atoms with van der Waals surface area (Å²) in [4.78, 5) is 4.12. The Morgan fingerprint density at radius 3 is 2.95 bits per heavy atom. The molecule has 4 heteroatoms. The van der Waals surface area contributed by atoms with Gasteiger partial charge in [0.15, 0.2) is 0 Å². The Kier molecular flexibility index (Phi) is 3.37. The average Bonchev–Trinajstić information content (AvgIpc) is 2.92. The summed E-state index contributed by atoms with van der Waals surface area (Å²) in [5.74, 6) is 0.835. The summed E-state index contributed by atoms with van der Waals surface area (Å²) in [6.45, 7) is 0.377. The number of fused-ring (bicyclic) bond motifs is 1. The molecule has 1 aliphatic rings. The summed E-state index contributed by atoms with van der Waals surface area (Å²) in [7, 11) is 0. The Hall–Kier alpha value is -2.36. The quantitative estimate of drug-likeness (QED) is 0.660. The van der Waals surface area contributed by atoms with Crippen molar-refractivity contribution in [1.82, 2.24) is 4.98 Å². The molecule has 0 amide bonds. The van der Waals surface area contributed by atoms with Crippen LogP contribution in [0.1, 0.15) is 28.8 Å². The largest absolute Gasteiger partial charge is 0.489 e. The first-order valence-electron chi connectivity index (χ1n) is 6.77. The smallest absolute Gasteiger partial charge is 0.142 e. The van der Waals surface area contributed by atoms with Crippen LogP contribution in [-0.4, -0.2) is 10.8 Å². The number of benzene rings is 1. The fraction of sp³-hybridized carbons (Fsp3) is 0.250. The molecule has 102 valence electrons. The molecule has 1 aromatic heterocycles. The molecule has 2 aromatic rings. The molecule has 0 atom stereocenters. The van der Waals surface area contributed by atoms with Crippen molar-refractivity contribution in [2.24, 2.45) is 5.73 Å². The number of nitrogens with one attached hydrogen (secondary N) is 1. The van der Waals surface area contributed by atoms with Gasteiger partial charge >= 0.3 is 0 Å². The third-order valence-corrected chi connectivity index (χ3v) is 3.61. The molecule has 1 heterocycles. The van der Waals surface area contributed by atoms with Gasteiger partial charge in [-0.1, -0.05) is 12.1 Å². The van der Waals surface area contributed by atoms with E-state index in [9.17, 15) is 0 Å². The summed E-state index contributed by atoms with van der Waals surface area (Å²) in [6.07, 6.45) is 5.18. The second-order valence-electron chi connectivity index (χ2n) is 5.00. The van der Waals surface area contributed by atoms with Gasteiger partial charge in [-0.25, -0.2) is 0 Å². The van der Waals surface area contributed by atoms with E-state index in [0.717, 1.165) is 17.7 Å². The highest BCUT2D eigenvalue weighted by atomic mass is 16.5. The van der Waals surface area contributed by atoms with E-state index in [2.05, 4.69) is 17.1 Å². The molecule has 0 spiro atoms. The summed E-state index contributed by atoms with van der Waals surface area (Å²) in [5.41, 5.74) is 9.67. The highest BCUT2D eigenvalue weighted by Gasteiger charge is 2.12. The van der Waals surface area contributed by atoms with Crippen molar-refractivity contribution in [3.63, 3.8) is 0 Å².